The van der Waals surface area contributed by atoms with Crippen LogP contribution in [-0.2, 0) is 14.9 Å². The Morgan fingerprint density at radius 2 is 2.19 bits per heavy atom. The first-order chi connectivity index (χ1) is 7.51. The molecule has 1 aromatic carbocycles. The number of sulfonamides is 1. The molecule has 1 heterocycles. The van der Waals surface area contributed by atoms with Gasteiger partial charge in [0, 0.05) is 16.7 Å². The average Bonchev–Trinajstić information content (AvgIpc) is 2.75. The van der Waals surface area contributed by atoms with Crippen molar-refractivity contribution in [3.63, 3.8) is 0 Å². The van der Waals surface area contributed by atoms with E-state index in [0.717, 1.165) is 10.9 Å². The third-order valence-electron chi connectivity index (χ3n) is 2.26. The van der Waals surface area contributed by atoms with Crippen LogP contribution in [0.5, 0.6) is 0 Å². The Bertz CT molecular complexity index is 497. The fourth-order valence-corrected chi connectivity index (χ4v) is 3.26. The second-order valence-electron chi connectivity index (χ2n) is 3.40. The maximum atomic E-state index is 12.0. The molecule has 88 valence electrons. The van der Waals surface area contributed by atoms with E-state index >= 15 is 0 Å². The fraction of sp³-hybridized carbons (Fsp3) is 0.333. The van der Waals surface area contributed by atoms with Crippen LogP contribution in [0.15, 0.2) is 27.6 Å². The van der Waals surface area contributed by atoms with Crippen LogP contribution >= 0.6 is 15.9 Å². The summed E-state index contributed by atoms with van der Waals surface area (Å²) in [5, 5.41) is 0. The molecule has 0 spiro atoms. The number of rotatable bonds is 2. The van der Waals surface area contributed by atoms with E-state index in [1.165, 1.54) is 12.1 Å². The predicted octanol–water partition coefficient (Wildman–Crippen LogP) is 1.36. The van der Waals surface area contributed by atoms with E-state index in [4.69, 9.17) is 10.6 Å². The summed E-state index contributed by atoms with van der Waals surface area (Å²) < 4.78 is 25.7. The third-order valence-corrected chi connectivity index (χ3v) is 4.62. The van der Waals surface area contributed by atoms with Gasteiger partial charge in [0.1, 0.15) is 0 Å². The van der Waals surface area contributed by atoms with E-state index in [1.807, 2.05) is 0 Å². The quantitative estimate of drug-likeness (QED) is 0.837. The van der Waals surface area contributed by atoms with Crippen LogP contribution in [0.25, 0.3) is 0 Å². The lowest BCUT2D eigenvalue weighted by Crippen LogP contribution is -2.26. The number of anilines is 1. The number of nitrogens with two attached hydrogens (primary N) is 1. The maximum absolute atomic E-state index is 12.0. The molecule has 0 radical (unpaired) electrons. The van der Waals surface area contributed by atoms with Crippen molar-refractivity contribution in [1.29, 1.82) is 0 Å². The zero-order valence-corrected chi connectivity index (χ0v) is 10.8. The minimum Gasteiger partial charge on any atom is -0.398 e. The molecule has 1 aliphatic rings. The lowest BCUT2D eigenvalue weighted by atomic mass is 10.3. The molecule has 2 N–H and O–H groups in total. The normalized spacial score (nSPS) is 17.8. The largest absolute Gasteiger partial charge is 0.398 e. The van der Waals surface area contributed by atoms with Crippen LogP contribution in [0.3, 0.4) is 0 Å². The molecule has 1 saturated heterocycles. The van der Waals surface area contributed by atoms with Gasteiger partial charge in [0.15, 0.2) is 0 Å². The van der Waals surface area contributed by atoms with Crippen molar-refractivity contribution in [2.45, 2.75) is 11.3 Å². The Morgan fingerprint density at radius 1 is 1.44 bits per heavy atom. The summed E-state index contributed by atoms with van der Waals surface area (Å²) in [5.74, 6) is 0. The summed E-state index contributed by atoms with van der Waals surface area (Å²) >= 11 is 3.20. The number of benzene rings is 1. The molecule has 7 heteroatoms. The number of halogens is 1. The van der Waals surface area contributed by atoms with Gasteiger partial charge in [-0.2, -0.15) is 0 Å². The standard InChI is InChI=1S/C9H11BrN2O3S/c10-8-6-7(2-3-9(8)11)16(13,14)12-4-1-5-15-12/h2-3,6H,1,4-5,11H2. The van der Waals surface area contributed by atoms with Crippen LogP contribution in [0, 0.1) is 0 Å². The molecule has 1 aliphatic heterocycles. The van der Waals surface area contributed by atoms with Gasteiger partial charge in [0.2, 0.25) is 0 Å². The number of hydrogen-bond acceptors (Lipinski definition) is 4. The van der Waals surface area contributed by atoms with E-state index in [2.05, 4.69) is 15.9 Å². The number of hydroxylamine groups is 1. The highest BCUT2D eigenvalue weighted by Gasteiger charge is 2.28. The summed E-state index contributed by atoms with van der Waals surface area (Å²) in [4.78, 5) is 5.22. The van der Waals surface area contributed by atoms with Crippen LogP contribution in [0.1, 0.15) is 6.42 Å². The molecule has 0 aromatic heterocycles. The second kappa shape index (κ2) is 4.33. The van der Waals surface area contributed by atoms with Gasteiger partial charge >= 0.3 is 0 Å². The molecule has 0 saturated carbocycles. The molecule has 0 atom stereocenters. The summed E-state index contributed by atoms with van der Waals surface area (Å²) in [6, 6.07) is 4.50. The molecular weight excluding hydrogens is 296 g/mol. The average molecular weight is 307 g/mol. The second-order valence-corrected chi connectivity index (χ2v) is 6.08. The molecule has 0 unspecified atom stereocenters. The first kappa shape index (κ1) is 11.8. The van der Waals surface area contributed by atoms with E-state index < -0.39 is 10.0 Å². The van der Waals surface area contributed by atoms with Crippen molar-refractivity contribution in [2.24, 2.45) is 0 Å². The Morgan fingerprint density at radius 3 is 2.75 bits per heavy atom. The summed E-state index contributed by atoms with van der Waals surface area (Å²) in [6.07, 6.45) is 0.718. The van der Waals surface area contributed by atoms with Gasteiger partial charge in [-0.25, -0.2) is 8.42 Å². The highest BCUT2D eigenvalue weighted by molar-refractivity contribution is 9.10. The van der Waals surface area contributed by atoms with E-state index in [0.29, 0.717) is 23.3 Å². The Kier molecular flexibility index (Phi) is 3.20. The number of nitrogens with zero attached hydrogens (tertiary/aromatic N) is 1. The molecule has 16 heavy (non-hydrogen) atoms. The zero-order valence-electron chi connectivity index (χ0n) is 8.39. The molecule has 1 fully saturated rings. The molecule has 0 amide bonds. The number of nitrogen functional groups attached to an aromatic ring is 1. The van der Waals surface area contributed by atoms with Crippen molar-refractivity contribution in [1.82, 2.24) is 4.47 Å². The van der Waals surface area contributed by atoms with E-state index in [1.54, 1.807) is 6.07 Å². The van der Waals surface area contributed by atoms with Gasteiger partial charge in [0.05, 0.1) is 11.5 Å². The monoisotopic (exact) mass is 306 g/mol. The van der Waals surface area contributed by atoms with Crippen LogP contribution < -0.4 is 5.73 Å². The van der Waals surface area contributed by atoms with Crippen LogP contribution in [0.4, 0.5) is 5.69 Å². The molecule has 1 aromatic rings. The summed E-state index contributed by atoms with van der Waals surface area (Å²) in [7, 11) is -3.55. The van der Waals surface area contributed by atoms with Crippen molar-refractivity contribution < 1.29 is 13.3 Å². The minimum absolute atomic E-state index is 0.176. The van der Waals surface area contributed by atoms with E-state index in [9.17, 15) is 8.42 Å². The van der Waals surface area contributed by atoms with Gasteiger partial charge < -0.3 is 5.73 Å². The van der Waals surface area contributed by atoms with Crippen LogP contribution in [-0.4, -0.2) is 26.0 Å². The lowest BCUT2D eigenvalue weighted by Gasteiger charge is -2.14. The first-order valence-electron chi connectivity index (χ1n) is 4.72. The smallest absolute Gasteiger partial charge is 0.265 e. The van der Waals surface area contributed by atoms with Gasteiger partial charge in [-0.15, -0.1) is 0 Å². The minimum atomic E-state index is -3.55. The van der Waals surface area contributed by atoms with Gasteiger partial charge in [-0.1, -0.05) is 4.47 Å². The zero-order chi connectivity index (χ0) is 11.8. The maximum Gasteiger partial charge on any atom is 0.265 e. The molecule has 0 aliphatic carbocycles. The molecule has 0 bridgehead atoms. The van der Waals surface area contributed by atoms with Gasteiger partial charge in [-0.05, 0) is 40.5 Å². The van der Waals surface area contributed by atoms with E-state index in [-0.39, 0.29) is 4.90 Å². The summed E-state index contributed by atoms with van der Waals surface area (Å²) in [5.41, 5.74) is 6.10. The van der Waals surface area contributed by atoms with Gasteiger partial charge in [0.25, 0.3) is 10.0 Å². The predicted molar refractivity (Wildman–Crippen MR) is 63.0 cm³/mol. The van der Waals surface area contributed by atoms with Crippen molar-refractivity contribution in [2.75, 3.05) is 18.9 Å². The van der Waals surface area contributed by atoms with Crippen LogP contribution in [0.2, 0.25) is 0 Å². The highest BCUT2D eigenvalue weighted by atomic mass is 79.9. The Balaban J connectivity index is 2.39. The third kappa shape index (κ3) is 2.08. The fourth-order valence-electron chi connectivity index (χ4n) is 1.40. The van der Waals surface area contributed by atoms with Crippen molar-refractivity contribution in [3.05, 3.63) is 22.7 Å². The molecule has 5 nitrogen and oxygen atoms in total. The van der Waals surface area contributed by atoms with Gasteiger partial charge in [-0.3, -0.25) is 4.84 Å². The Hall–Kier alpha value is -0.630. The number of hydrogen-bond donors (Lipinski definition) is 1. The van der Waals surface area contributed by atoms with Crippen molar-refractivity contribution in [3.8, 4) is 0 Å². The highest BCUT2D eigenvalue weighted by Crippen LogP contribution is 2.26. The first-order valence-corrected chi connectivity index (χ1v) is 6.96. The molecule has 2 rings (SSSR count). The van der Waals surface area contributed by atoms with Crippen molar-refractivity contribution >= 4 is 31.6 Å². The Labute approximate surface area is 102 Å². The summed E-state index contributed by atoms with van der Waals surface area (Å²) in [6.45, 7) is 0.833. The topological polar surface area (TPSA) is 72.6 Å². The SMILES string of the molecule is Nc1ccc(S(=O)(=O)N2CCCO2)cc1Br. The molecular formula is C9H11BrN2O3S. The lowest BCUT2D eigenvalue weighted by molar-refractivity contribution is -0.0284.